The number of nitrogens with zero attached hydrogens (tertiary/aromatic N) is 2. The van der Waals surface area contributed by atoms with Crippen molar-refractivity contribution in [2.45, 2.75) is 32.6 Å². The van der Waals surface area contributed by atoms with Crippen molar-refractivity contribution in [3.8, 4) is 0 Å². The summed E-state index contributed by atoms with van der Waals surface area (Å²) in [5.74, 6) is -0.179. The van der Waals surface area contributed by atoms with Crippen LogP contribution in [-0.4, -0.2) is 41.1 Å². The van der Waals surface area contributed by atoms with Gasteiger partial charge in [-0.15, -0.1) is 11.3 Å². The SMILES string of the molecule is C[C@@H]1CN(Cc2csc(NC(=O)c3ccc(Cl)cc3)n2)C[C@@H](C)O1. The monoisotopic (exact) mass is 365 g/mol. The summed E-state index contributed by atoms with van der Waals surface area (Å²) in [6.07, 6.45) is 0.466. The highest BCUT2D eigenvalue weighted by atomic mass is 35.5. The molecule has 0 aliphatic carbocycles. The molecule has 2 atom stereocenters. The number of carbonyl (C=O) groups excluding carboxylic acids is 1. The summed E-state index contributed by atoms with van der Waals surface area (Å²) < 4.78 is 5.74. The standard InChI is InChI=1S/C17H20ClN3O2S/c1-11-7-21(8-12(2)23-11)9-15-10-24-17(19-15)20-16(22)13-3-5-14(18)6-4-13/h3-6,10-12H,7-9H2,1-2H3,(H,19,20,22)/t11-,12-/m1/s1. The van der Waals surface area contributed by atoms with Crippen LogP contribution in [0.2, 0.25) is 5.02 Å². The summed E-state index contributed by atoms with van der Waals surface area (Å²) in [4.78, 5) is 19.0. The van der Waals surface area contributed by atoms with Crippen LogP contribution in [0, 0.1) is 0 Å². The number of thiazole rings is 1. The summed E-state index contributed by atoms with van der Waals surface area (Å²) in [5, 5.41) is 6.04. The molecular formula is C17H20ClN3O2S. The second kappa shape index (κ2) is 7.61. The number of morpholine rings is 1. The largest absolute Gasteiger partial charge is 0.373 e. The van der Waals surface area contributed by atoms with Crippen molar-refractivity contribution in [2.75, 3.05) is 18.4 Å². The van der Waals surface area contributed by atoms with Gasteiger partial charge >= 0.3 is 0 Å². The van der Waals surface area contributed by atoms with Crippen molar-refractivity contribution in [3.05, 3.63) is 45.9 Å². The first-order chi connectivity index (χ1) is 11.5. The highest BCUT2D eigenvalue weighted by Crippen LogP contribution is 2.20. The second-order valence-electron chi connectivity index (χ2n) is 6.06. The van der Waals surface area contributed by atoms with Crippen molar-refractivity contribution >= 4 is 34.0 Å². The molecular weight excluding hydrogens is 346 g/mol. The number of carbonyl (C=O) groups is 1. The molecule has 2 aromatic rings. The Morgan fingerprint density at radius 2 is 2.00 bits per heavy atom. The highest BCUT2D eigenvalue weighted by molar-refractivity contribution is 7.13. The molecule has 3 rings (SSSR count). The van der Waals surface area contributed by atoms with Gasteiger partial charge in [-0.25, -0.2) is 4.98 Å². The first kappa shape index (κ1) is 17.4. The van der Waals surface area contributed by atoms with Crippen LogP contribution >= 0.6 is 22.9 Å². The van der Waals surface area contributed by atoms with Crippen LogP contribution in [0.4, 0.5) is 5.13 Å². The Kier molecular flexibility index (Phi) is 5.50. The van der Waals surface area contributed by atoms with Crippen LogP contribution < -0.4 is 5.32 Å². The molecule has 128 valence electrons. The maximum Gasteiger partial charge on any atom is 0.257 e. The number of aromatic nitrogens is 1. The van der Waals surface area contributed by atoms with Crippen molar-refractivity contribution in [2.24, 2.45) is 0 Å². The number of hydrogen-bond donors (Lipinski definition) is 1. The van der Waals surface area contributed by atoms with E-state index in [1.807, 2.05) is 5.38 Å². The molecule has 1 amide bonds. The quantitative estimate of drug-likeness (QED) is 0.898. The van der Waals surface area contributed by atoms with Crippen molar-refractivity contribution in [3.63, 3.8) is 0 Å². The summed E-state index contributed by atoms with van der Waals surface area (Å²) in [6.45, 7) is 6.73. The number of hydrogen-bond acceptors (Lipinski definition) is 5. The molecule has 1 aromatic carbocycles. The number of anilines is 1. The van der Waals surface area contributed by atoms with Crippen molar-refractivity contribution in [1.29, 1.82) is 0 Å². The summed E-state index contributed by atoms with van der Waals surface area (Å²) in [7, 11) is 0. The van der Waals surface area contributed by atoms with E-state index in [0.717, 1.165) is 25.3 Å². The van der Waals surface area contributed by atoms with Crippen LogP contribution in [0.3, 0.4) is 0 Å². The van der Waals surface area contributed by atoms with E-state index in [4.69, 9.17) is 16.3 Å². The Bertz CT molecular complexity index is 694. The van der Waals surface area contributed by atoms with Gasteiger partial charge < -0.3 is 4.74 Å². The van der Waals surface area contributed by atoms with Gasteiger partial charge in [0.2, 0.25) is 0 Å². The first-order valence-corrected chi connectivity index (χ1v) is 9.14. The maximum atomic E-state index is 12.2. The number of nitrogens with one attached hydrogen (secondary N) is 1. The number of halogens is 1. The van der Waals surface area contributed by atoms with E-state index in [1.165, 1.54) is 11.3 Å². The molecule has 1 aliphatic rings. The number of amides is 1. The van der Waals surface area contributed by atoms with Gasteiger partial charge in [-0.3, -0.25) is 15.0 Å². The van der Waals surface area contributed by atoms with Crippen LogP contribution in [0.1, 0.15) is 29.9 Å². The predicted molar refractivity (Wildman–Crippen MR) is 96.8 cm³/mol. The van der Waals surface area contributed by atoms with Crippen molar-refractivity contribution in [1.82, 2.24) is 9.88 Å². The Labute approximate surface area is 150 Å². The van der Waals surface area contributed by atoms with Gasteiger partial charge in [0, 0.05) is 35.6 Å². The second-order valence-corrected chi connectivity index (χ2v) is 7.35. The van der Waals surface area contributed by atoms with E-state index >= 15 is 0 Å². The lowest BCUT2D eigenvalue weighted by Crippen LogP contribution is -2.44. The lowest BCUT2D eigenvalue weighted by Gasteiger charge is -2.34. The average molecular weight is 366 g/mol. The molecule has 0 radical (unpaired) electrons. The molecule has 1 aliphatic heterocycles. The lowest BCUT2D eigenvalue weighted by molar-refractivity contribution is -0.0707. The molecule has 1 aromatic heterocycles. The zero-order valence-electron chi connectivity index (χ0n) is 13.7. The van der Waals surface area contributed by atoms with E-state index < -0.39 is 0 Å². The molecule has 0 spiro atoms. The highest BCUT2D eigenvalue weighted by Gasteiger charge is 2.22. The molecule has 1 fully saturated rings. The summed E-state index contributed by atoms with van der Waals surface area (Å²) >= 11 is 7.28. The molecule has 5 nitrogen and oxygen atoms in total. The Balaban J connectivity index is 1.59. The maximum absolute atomic E-state index is 12.2. The van der Waals surface area contributed by atoms with Crippen LogP contribution in [0.25, 0.3) is 0 Å². The summed E-state index contributed by atoms with van der Waals surface area (Å²) in [6, 6.07) is 6.79. The van der Waals surface area contributed by atoms with Gasteiger partial charge in [0.1, 0.15) is 0 Å². The topological polar surface area (TPSA) is 54.5 Å². The molecule has 1 saturated heterocycles. The molecule has 0 saturated carbocycles. The van der Waals surface area contributed by atoms with E-state index in [9.17, 15) is 4.79 Å². The number of ether oxygens (including phenoxy) is 1. The van der Waals surface area contributed by atoms with Gasteiger partial charge in [0.25, 0.3) is 5.91 Å². The third-order valence-corrected chi connectivity index (χ3v) is 4.82. The zero-order chi connectivity index (χ0) is 17.1. The Hall–Kier alpha value is -1.47. The average Bonchev–Trinajstić information content (AvgIpc) is 2.93. The fourth-order valence-corrected chi connectivity index (χ4v) is 3.67. The van der Waals surface area contributed by atoms with E-state index in [1.54, 1.807) is 24.3 Å². The fraction of sp³-hybridized carbons (Fsp3) is 0.412. The number of rotatable bonds is 4. The van der Waals surface area contributed by atoms with Crippen LogP contribution in [-0.2, 0) is 11.3 Å². The van der Waals surface area contributed by atoms with E-state index in [2.05, 4.69) is 29.0 Å². The third kappa shape index (κ3) is 4.54. The van der Waals surface area contributed by atoms with E-state index in [0.29, 0.717) is 15.7 Å². The lowest BCUT2D eigenvalue weighted by atomic mass is 10.2. The third-order valence-electron chi connectivity index (χ3n) is 3.76. The molecule has 0 bridgehead atoms. The minimum Gasteiger partial charge on any atom is -0.373 e. The molecule has 0 unspecified atom stereocenters. The molecule has 24 heavy (non-hydrogen) atoms. The summed E-state index contributed by atoms with van der Waals surface area (Å²) in [5.41, 5.74) is 1.53. The Morgan fingerprint density at radius 1 is 1.33 bits per heavy atom. The zero-order valence-corrected chi connectivity index (χ0v) is 15.2. The van der Waals surface area contributed by atoms with Crippen molar-refractivity contribution < 1.29 is 9.53 Å². The number of benzene rings is 1. The normalized spacial score (nSPS) is 21.6. The van der Waals surface area contributed by atoms with Gasteiger partial charge in [-0.1, -0.05) is 11.6 Å². The molecule has 2 heterocycles. The fourth-order valence-electron chi connectivity index (χ4n) is 2.85. The smallest absolute Gasteiger partial charge is 0.257 e. The molecule has 1 N–H and O–H groups in total. The van der Waals surface area contributed by atoms with Gasteiger partial charge in [-0.05, 0) is 38.1 Å². The van der Waals surface area contributed by atoms with E-state index in [-0.39, 0.29) is 18.1 Å². The van der Waals surface area contributed by atoms with Gasteiger partial charge in [-0.2, -0.15) is 0 Å². The molecule has 7 heteroatoms. The van der Waals surface area contributed by atoms with Gasteiger partial charge in [0.05, 0.1) is 17.9 Å². The minimum absolute atomic E-state index is 0.179. The van der Waals surface area contributed by atoms with Crippen LogP contribution in [0.5, 0.6) is 0 Å². The first-order valence-electron chi connectivity index (χ1n) is 7.89. The Morgan fingerprint density at radius 3 is 2.67 bits per heavy atom. The minimum atomic E-state index is -0.179. The van der Waals surface area contributed by atoms with Crippen LogP contribution in [0.15, 0.2) is 29.6 Å². The van der Waals surface area contributed by atoms with Gasteiger partial charge in [0.15, 0.2) is 5.13 Å². The predicted octanol–water partition coefficient (Wildman–Crippen LogP) is 3.66.